The van der Waals surface area contributed by atoms with Gasteiger partial charge in [-0.3, -0.25) is 4.79 Å². The van der Waals surface area contributed by atoms with Crippen LogP contribution in [0.5, 0.6) is 0 Å². The van der Waals surface area contributed by atoms with Crippen molar-refractivity contribution in [3.05, 3.63) is 30.1 Å². The zero-order valence-electron chi connectivity index (χ0n) is 12.8. The van der Waals surface area contributed by atoms with Gasteiger partial charge in [-0.2, -0.15) is 0 Å². The predicted molar refractivity (Wildman–Crippen MR) is 83.4 cm³/mol. The molecule has 2 aliphatic heterocycles. The second-order valence-corrected chi connectivity index (χ2v) is 6.10. The number of nitrogens with zero attached hydrogens (tertiary/aromatic N) is 1. The number of amides is 1. The van der Waals surface area contributed by atoms with Gasteiger partial charge in [0.2, 0.25) is 5.91 Å². The molecule has 5 heteroatoms. The van der Waals surface area contributed by atoms with Gasteiger partial charge in [-0.25, -0.2) is 4.39 Å². The molecule has 0 bridgehead atoms. The van der Waals surface area contributed by atoms with Crippen LogP contribution in [0, 0.1) is 5.82 Å². The number of carbonyl (C=O) groups is 1. The van der Waals surface area contributed by atoms with E-state index in [1.165, 1.54) is 12.1 Å². The highest BCUT2D eigenvalue weighted by Gasteiger charge is 2.26. The van der Waals surface area contributed by atoms with Crippen LogP contribution >= 0.6 is 0 Å². The first kappa shape index (κ1) is 15.3. The van der Waals surface area contributed by atoms with E-state index in [1.807, 2.05) is 12.1 Å². The standard InChI is InChI=1S/C17H23FN2O2/c18-13-4-6-15(7-5-13)20-10-8-14(9-11-20)19-17(21)16-3-1-2-12-22-16/h4-7,14,16H,1-3,8-12H2,(H,19,21). The lowest BCUT2D eigenvalue weighted by molar-refractivity contribution is -0.136. The Morgan fingerprint density at radius 3 is 2.50 bits per heavy atom. The minimum Gasteiger partial charge on any atom is -0.371 e. The maximum atomic E-state index is 13.0. The smallest absolute Gasteiger partial charge is 0.249 e. The molecule has 1 aromatic rings. The van der Waals surface area contributed by atoms with Gasteiger partial charge in [-0.15, -0.1) is 0 Å². The molecule has 22 heavy (non-hydrogen) atoms. The van der Waals surface area contributed by atoms with E-state index < -0.39 is 0 Å². The summed E-state index contributed by atoms with van der Waals surface area (Å²) in [4.78, 5) is 14.4. The van der Waals surface area contributed by atoms with Crippen molar-refractivity contribution >= 4 is 11.6 Å². The number of hydrogen-bond acceptors (Lipinski definition) is 3. The number of piperidine rings is 1. The van der Waals surface area contributed by atoms with Gasteiger partial charge in [0.05, 0.1) is 0 Å². The fraction of sp³-hybridized carbons (Fsp3) is 0.588. The van der Waals surface area contributed by atoms with Crippen LogP contribution in [0.2, 0.25) is 0 Å². The molecule has 4 nitrogen and oxygen atoms in total. The highest BCUT2D eigenvalue weighted by atomic mass is 19.1. The number of benzene rings is 1. The first-order valence-electron chi connectivity index (χ1n) is 8.15. The maximum absolute atomic E-state index is 13.0. The molecule has 1 amide bonds. The summed E-state index contributed by atoms with van der Waals surface area (Å²) < 4.78 is 18.5. The van der Waals surface area contributed by atoms with E-state index in [-0.39, 0.29) is 23.9 Å². The van der Waals surface area contributed by atoms with Crippen LogP contribution < -0.4 is 10.2 Å². The van der Waals surface area contributed by atoms with E-state index in [0.29, 0.717) is 6.61 Å². The Morgan fingerprint density at radius 1 is 1.14 bits per heavy atom. The van der Waals surface area contributed by atoms with E-state index in [9.17, 15) is 9.18 Å². The van der Waals surface area contributed by atoms with E-state index in [0.717, 1.165) is 50.9 Å². The van der Waals surface area contributed by atoms with Gasteiger partial charge in [0, 0.05) is 31.4 Å². The summed E-state index contributed by atoms with van der Waals surface area (Å²) in [6.07, 6.45) is 4.52. The van der Waals surface area contributed by atoms with Gasteiger partial charge >= 0.3 is 0 Å². The number of rotatable bonds is 3. The lowest BCUT2D eigenvalue weighted by atomic mass is 10.0. The molecule has 1 aromatic carbocycles. The third kappa shape index (κ3) is 3.77. The number of hydrogen-bond donors (Lipinski definition) is 1. The second-order valence-electron chi connectivity index (χ2n) is 6.10. The van der Waals surface area contributed by atoms with Gasteiger partial charge in [0.25, 0.3) is 0 Å². The molecule has 0 spiro atoms. The third-order valence-corrected chi connectivity index (χ3v) is 4.51. The van der Waals surface area contributed by atoms with Crippen molar-refractivity contribution in [3.63, 3.8) is 0 Å². The zero-order chi connectivity index (χ0) is 15.4. The Labute approximate surface area is 130 Å². The zero-order valence-corrected chi connectivity index (χ0v) is 12.8. The molecule has 2 aliphatic rings. The van der Waals surface area contributed by atoms with Gasteiger partial charge in [0.1, 0.15) is 11.9 Å². The number of halogens is 1. The Hall–Kier alpha value is -1.62. The van der Waals surface area contributed by atoms with Crippen LogP contribution in [0.1, 0.15) is 32.1 Å². The number of anilines is 1. The molecule has 0 radical (unpaired) electrons. The monoisotopic (exact) mass is 306 g/mol. The fourth-order valence-electron chi connectivity index (χ4n) is 3.18. The van der Waals surface area contributed by atoms with Crippen LogP contribution in [0.25, 0.3) is 0 Å². The summed E-state index contributed by atoms with van der Waals surface area (Å²) in [5, 5.41) is 3.12. The average Bonchev–Trinajstić information content (AvgIpc) is 2.57. The average molecular weight is 306 g/mol. The lowest BCUT2D eigenvalue weighted by Crippen LogP contribution is -2.48. The van der Waals surface area contributed by atoms with Crippen molar-refractivity contribution in [1.29, 1.82) is 0 Å². The van der Waals surface area contributed by atoms with E-state index >= 15 is 0 Å². The minimum atomic E-state index is -0.260. The molecule has 2 saturated heterocycles. The molecule has 1 unspecified atom stereocenters. The molecular weight excluding hydrogens is 283 g/mol. The van der Waals surface area contributed by atoms with E-state index in [4.69, 9.17) is 4.74 Å². The first-order chi connectivity index (χ1) is 10.7. The molecule has 2 fully saturated rings. The molecule has 0 saturated carbocycles. The van der Waals surface area contributed by atoms with Crippen molar-refractivity contribution in [3.8, 4) is 0 Å². The summed E-state index contributed by atoms with van der Waals surface area (Å²) in [5.74, 6) is -0.168. The Kier molecular flexibility index (Phi) is 4.93. The van der Waals surface area contributed by atoms with Crippen LogP contribution in [-0.4, -0.2) is 37.7 Å². The van der Waals surface area contributed by atoms with Crippen molar-refractivity contribution in [1.82, 2.24) is 5.32 Å². The first-order valence-corrected chi connectivity index (χ1v) is 8.15. The minimum absolute atomic E-state index is 0.0416. The lowest BCUT2D eigenvalue weighted by Gasteiger charge is -2.34. The molecule has 0 aliphatic carbocycles. The van der Waals surface area contributed by atoms with Crippen molar-refractivity contribution < 1.29 is 13.9 Å². The predicted octanol–water partition coefficient (Wildman–Crippen LogP) is 2.48. The third-order valence-electron chi connectivity index (χ3n) is 4.51. The quantitative estimate of drug-likeness (QED) is 0.933. The molecule has 2 heterocycles. The largest absolute Gasteiger partial charge is 0.371 e. The Bertz CT molecular complexity index is 492. The highest BCUT2D eigenvalue weighted by Crippen LogP contribution is 2.21. The summed E-state index contributed by atoms with van der Waals surface area (Å²) in [6.45, 7) is 2.45. The van der Waals surface area contributed by atoms with Gasteiger partial charge in [-0.05, 0) is 56.4 Å². The number of ether oxygens (including phenoxy) is 1. The van der Waals surface area contributed by atoms with Crippen molar-refractivity contribution in [2.45, 2.75) is 44.2 Å². The summed E-state index contributed by atoms with van der Waals surface area (Å²) in [7, 11) is 0. The van der Waals surface area contributed by atoms with Crippen molar-refractivity contribution in [2.24, 2.45) is 0 Å². The number of carbonyl (C=O) groups excluding carboxylic acids is 1. The Balaban J connectivity index is 1.47. The van der Waals surface area contributed by atoms with Gasteiger partial charge < -0.3 is 15.0 Å². The van der Waals surface area contributed by atoms with Crippen LogP contribution in [-0.2, 0) is 9.53 Å². The van der Waals surface area contributed by atoms with E-state index in [1.54, 1.807) is 0 Å². The molecule has 0 aromatic heterocycles. The molecule has 1 atom stereocenters. The molecule has 3 rings (SSSR count). The number of nitrogens with one attached hydrogen (secondary N) is 1. The normalized spacial score (nSPS) is 23.3. The second kappa shape index (κ2) is 7.09. The fourth-order valence-corrected chi connectivity index (χ4v) is 3.18. The van der Waals surface area contributed by atoms with E-state index in [2.05, 4.69) is 10.2 Å². The van der Waals surface area contributed by atoms with Gasteiger partial charge in [-0.1, -0.05) is 0 Å². The SMILES string of the molecule is O=C(NC1CCN(c2ccc(F)cc2)CC1)C1CCCCO1. The molecule has 120 valence electrons. The summed E-state index contributed by atoms with van der Waals surface area (Å²) >= 11 is 0. The topological polar surface area (TPSA) is 41.6 Å². The van der Waals surface area contributed by atoms with Crippen LogP contribution in [0.3, 0.4) is 0 Å². The summed E-state index contributed by atoms with van der Waals surface area (Å²) in [6, 6.07) is 6.82. The van der Waals surface area contributed by atoms with Crippen LogP contribution in [0.4, 0.5) is 10.1 Å². The van der Waals surface area contributed by atoms with Crippen LogP contribution in [0.15, 0.2) is 24.3 Å². The maximum Gasteiger partial charge on any atom is 0.249 e. The molecule has 1 N–H and O–H groups in total. The summed E-state index contributed by atoms with van der Waals surface area (Å²) in [5.41, 5.74) is 1.04. The van der Waals surface area contributed by atoms with Crippen molar-refractivity contribution in [2.75, 3.05) is 24.6 Å². The highest BCUT2D eigenvalue weighted by molar-refractivity contribution is 5.81. The Morgan fingerprint density at radius 2 is 1.86 bits per heavy atom. The molecular formula is C17H23FN2O2. The van der Waals surface area contributed by atoms with Gasteiger partial charge in [0.15, 0.2) is 0 Å².